The molecule has 0 saturated carbocycles. The van der Waals surface area contributed by atoms with Crippen LogP contribution in [-0.2, 0) is 0 Å². The van der Waals surface area contributed by atoms with Gasteiger partial charge >= 0.3 is 5.38 Å². The molecule has 0 saturated heterocycles. The van der Waals surface area contributed by atoms with Crippen molar-refractivity contribution >= 4 is 23.2 Å². The van der Waals surface area contributed by atoms with Crippen LogP contribution in [0.4, 0.5) is 17.6 Å². The Labute approximate surface area is 64.4 Å². The van der Waals surface area contributed by atoms with Gasteiger partial charge in [-0.3, -0.25) is 0 Å². The maximum Gasteiger partial charge on any atom is 0.350 e. The fourth-order valence-corrected chi connectivity index (χ4v) is 0.709. The molecule has 0 aromatic rings. The minimum absolute atomic E-state index is 0.973. The van der Waals surface area contributed by atoms with Gasteiger partial charge in [0.25, 0.3) is 6.08 Å². The summed E-state index contributed by atoms with van der Waals surface area (Å²) in [5.41, 5.74) is -1.55. The van der Waals surface area contributed by atoms with Crippen LogP contribution >= 0.6 is 23.2 Å². The van der Waals surface area contributed by atoms with Gasteiger partial charge in [-0.05, 0) is 11.6 Å². The summed E-state index contributed by atoms with van der Waals surface area (Å²) in [4.78, 5) is 0. The highest BCUT2D eigenvalue weighted by molar-refractivity contribution is 6.26. The first-order valence-corrected chi connectivity index (χ1v) is 2.98. The molecule has 0 amide bonds. The van der Waals surface area contributed by atoms with E-state index < -0.39 is 22.9 Å². The summed E-state index contributed by atoms with van der Waals surface area (Å²) in [5, 5.41) is -4.04. The molecule has 0 nitrogen and oxygen atoms in total. The zero-order valence-corrected chi connectivity index (χ0v) is 5.99. The first-order valence-electron chi connectivity index (χ1n) is 2.07. The van der Waals surface area contributed by atoms with Crippen LogP contribution in [0, 0.1) is 0 Å². The van der Waals surface area contributed by atoms with Crippen molar-refractivity contribution in [3.8, 4) is 0 Å². The zero-order valence-electron chi connectivity index (χ0n) is 4.47. The van der Waals surface area contributed by atoms with Crippen LogP contribution in [-0.4, -0.2) is 11.3 Å². The van der Waals surface area contributed by atoms with Gasteiger partial charge in [0.15, 0.2) is 0 Å². The Morgan fingerprint density at radius 3 is 1.70 bits per heavy atom. The maximum absolute atomic E-state index is 11.8. The van der Waals surface area contributed by atoms with E-state index in [1.807, 2.05) is 0 Å². The standard InChI is InChI=1S/C4H2Cl2F4/c5-1-2(3(7)8)4(6,9)10/h1H2. The van der Waals surface area contributed by atoms with Crippen molar-refractivity contribution in [1.29, 1.82) is 0 Å². The highest BCUT2D eigenvalue weighted by Crippen LogP contribution is 2.32. The van der Waals surface area contributed by atoms with Gasteiger partial charge in [-0.2, -0.15) is 17.6 Å². The van der Waals surface area contributed by atoms with Crippen LogP contribution in [0.15, 0.2) is 11.7 Å². The number of allylic oxidation sites excluding steroid dienone is 1. The zero-order chi connectivity index (χ0) is 8.36. The van der Waals surface area contributed by atoms with Crippen molar-refractivity contribution in [2.45, 2.75) is 5.38 Å². The monoisotopic (exact) mass is 196 g/mol. The molecule has 0 aromatic carbocycles. The number of halogens is 6. The summed E-state index contributed by atoms with van der Waals surface area (Å²) < 4.78 is 46.4. The van der Waals surface area contributed by atoms with Crippen LogP contribution in [0.2, 0.25) is 0 Å². The summed E-state index contributed by atoms with van der Waals surface area (Å²) in [6.45, 7) is 0. The topological polar surface area (TPSA) is 0 Å². The van der Waals surface area contributed by atoms with Crippen molar-refractivity contribution in [2.75, 3.05) is 5.88 Å². The first kappa shape index (κ1) is 10.0. The maximum atomic E-state index is 11.8. The van der Waals surface area contributed by atoms with Crippen LogP contribution in [0.5, 0.6) is 0 Å². The van der Waals surface area contributed by atoms with Gasteiger partial charge in [-0.25, -0.2) is 0 Å². The van der Waals surface area contributed by atoms with Gasteiger partial charge in [0.1, 0.15) is 0 Å². The van der Waals surface area contributed by atoms with E-state index >= 15 is 0 Å². The van der Waals surface area contributed by atoms with Crippen molar-refractivity contribution in [3.63, 3.8) is 0 Å². The summed E-state index contributed by atoms with van der Waals surface area (Å²) in [5.74, 6) is -0.973. The molecular weight excluding hydrogens is 195 g/mol. The molecule has 0 unspecified atom stereocenters. The fraction of sp³-hybridized carbons (Fsp3) is 0.500. The van der Waals surface area contributed by atoms with E-state index in [-0.39, 0.29) is 0 Å². The lowest BCUT2D eigenvalue weighted by molar-refractivity contribution is 0.131. The highest BCUT2D eigenvalue weighted by Gasteiger charge is 2.34. The van der Waals surface area contributed by atoms with Crippen molar-refractivity contribution in [2.24, 2.45) is 0 Å². The average Bonchev–Trinajstić information content (AvgIpc) is 1.60. The second-order valence-corrected chi connectivity index (χ2v) is 2.11. The lowest BCUT2D eigenvalue weighted by Gasteiger charge is -2.07. The summed E-state index contributed by atoms with van der Waals surface area (Å²) >= 11 is 8.98. The number of hydrogen-bond acceptors (Lipinski definition) is 0. The van der Waals surface area contributed by atoms with E-state index in [0.717, 1.165) is 0 Å². The van der Waals surface area contributed by atoms with Gasteiger partial charge in [-0.1, -0.05) is 0 Å². The summed E-state index contributed by atoms with van der Waals surface area (Å²) in [6, 6.07) is 0. The minimum Gasteiger partial charge on any atom is -0.183 e. The molecule has 0 spiro atoms. The molecule has 0 heterocycles. The number of hydrogen-bond donors (Lipinski definition) is 0. The fourth-order valence-electron chi connectivity index (χ4n) is 0.233. The third-order valence-corrected chi connectivity index (χ3v) is 1.20. The largest absolute Gasteiger partial charge is 0.350 e. The Kier molecular flexibility index (Phi) is 3.45. The lowest BCUT2D eigenvalue weighted by atomic mass is 10.3. The van der Waals surface area contributed by atoms with E-state index in [4.69, 9.17) is 11.6 Å². The summed E-state index contributed by atoms with van der Waals surface area (Å²) in [7, 11) is 0. The van der Waals surface area contributed by atoms with E-state index in [1.54, 1.807) is 0 Å². The predicted octanol–water partition coefficient (Wildman–Crippen LogP) is 3.21. The van der Waals surface area contributed by atoms with Crippen LogP contribution in [0.1, 0.15) is 0 Å². The molecule has 0 rings (SSSR count). The van der Waals surface area contributed by atoms with Crippen LogP contribution < -0.4 is 0 Å². The van der Waals surface area contributed by atoms with Gasteiger partial charge in [0, 0.05) is 0 Å². The molecule has 0 bridgehead atoms. The molecule has 0 aliphatic heterocycles. The Hall–Kier alpha value is 0.0400. The molecule has 0 radical (unpaired) electrons. The second-order valence-electron chi connectivity index (χ2n) is 1.37. The molecule has 6 heteroatoms. The van der Waals surface area contributed by atoms with Gasteiger partial charge in [0.05, 0.1) is 11.5 Å². The van der Waals surface area contributed by atoms with Crippen molar-refractivity contribution in [3.05, 3.63) is 11.7 Å². The Morgan fingerprint density at radius 2 is 1.70 bits per heavy atom. The smallest absolute Gasteiger partial charge is 0.183 e. The molecule has 0 atom stereocenters. The molecule has 10 heavy (non-hydrogen) atoms. The van der Waals surface area contributed by atoms with Gasteiger partial charge in [-0.15, -0.1) is 11.6 Å². The molecule has 0 aliphatic rings. The van der Waals surface area contributed by atoms with Crippen LogP contribution in [0.25, 0.3) is 0 Å². The molecule has 60 valence electrons. The van der Waals surface area contributed by atoms with Gasteiger partial charge in [0.2, 0.25) is 0 Å². The first-order chi connectivity index (χ1) is 4.39. The van der Waals surface area contributed by atoms with Gasteiger partial charge < -0.3 is 0 Å². The Balaban J connectivity index is 4.55. The second kappa shape index (κ2) is 3.44. The molecule has 0 aromatic heterocycles. The normalized spacial score (nSPS) is 11.4. The molecule has 0 fully saturated rings. The Morgan fingerprint density at radius 1 is 1.30 bits per heavy atom. The Bertz CT molecular complexity index is 144. The van der Waals surface area contributed by atoms with Crippen LogP contribution in [0.3, 0.4) is 0 Å². The van der Waals surface area contributed by atoms with E-state index in [9.17, 15) is 17.6 Å². The van der Waals surface area contributed by atoms with Crippen molar-refractivity contribution in [1.82, 2.24) is 0 Å². The highest BCUT2D eigenvalue weighted by atomic mass is 35.5. The third-order valence-electron chi connectivity index (χ3n) is 0.704. The van der Waals surface area contributed by atoms with E-state index in [0.29, 0.717) is 0 Å². The summed E-state index contributed by atoms with van der Waals surface area (Å²) in [6.07, 6.45) is -2.53. The minimum atomic E-state index is -4.04. The lowest BCUT2D eigenvalue weighted by Crippen LogP contribution is -2.12. The quantitative estimate of drug-likeness (QED) is 0.470. The van der Waals surface area contributed by atoms with E-state index in [2.05, 4.69) is 11.6 Å². The molecule has 0 aliphatic carbocycles. The van der Waals surface area contributed by atoms with Crippen molar-refractivity contribution < 1.29 is 17.6 Å². The SMILES string of the molecule is FC(F)=C(CCl)C(F)(F)Cl. The number of rotatable bonds is 2. The molecular formula is C4H2Cl2F4. The number of alkyl halides is 4. The average molecular weight is 197 g/mol. The van der Waals surface area contributed by atoms with E-state index in [1.165, 1.54) is 0 Å². The molecule has 0 N–H and O–H groups in total. The predicted molar refractivity (Wildman–Crippen MR) is 30.8 cm³/mol. The third kappa shape index (κ3) is 2.75.